The second kappa shape index (κ2) is 26.6. The Kier molecular flexibility index (Phi) is 33.8. The molecule has 3 heteroatoms. The quantitative estimate of drug-likeness (QED) is 0.483. The van der Waals surface area contributed by atoms with Crippen LogP contribution in [-0.2, 0) is 0 Å². The molecule has 0 aliphatic heterocycles. The van der Waals surface area contributed by atoms with E-state index in [1.807, 2.05) is 34.6 Å². The van der Waals surface area contributed by atoms with E-state index in [0.29, 0.717) is 12.5 Å². The molecule has 3 nitrogen and oxygen atoms in total. The van der Waals surface area contributed by atoms with Gasteiger partial charge < -0.3 is 15.3 Å². The van der Waals surface area contributed by atoms with Gasteiger partial charge in [-0.15, -0.1) is 0 Å². The number of aliphatic hydroxyl groups is 1. The molecule has 0 radical (unpaired) electrons. The highest BCUT2D eigenvalue weighted by Crippen LogP contribution is 2.03. The van der Waals surface area contributed by atoms with E-state index >= 15 is 0 Å². The van der Waals surface area contributed by atoms with Gasteiger partial charge in [0.15, 0.2) is 0 Å². The third kappa shape index (κ3) is 37.2. The van der Waals surface area contributed by atoms with Crippen molar-refractivity contribution in [3.63, 3.8) is 0 Å². The Labute approximate surface area is 152 Å². The van der Waals surface area contributed by atoms with Crippen LogP contribution in [0.1, 0.15) is 54.9 Å². The van der Waals surface area contributed by atoms with E-state index < -0.39 is 0 Å². The first kappa shape index (κ1) is 30.5. The average molecular weight is 341 g/mol. The summed E-state index contributed by atoms with van der Waals surface area (Å²) in [7, 11) is 4.11. The first-order chi connectivity index (χ1) is 11.3. The van der Waals surface area contributed by atoms with E-state index in [4.69, 9.17) is 5.11 Å². The second-order valence-electron chi connectivity index (χ2n) is 5.21. The molecule has 24 heavy (non-hydrogen) atoms. The molecule has 0 amide bonds. The summed E-state index contributed by atoms with van der Waals surface area (Å²) in [6, 6.07) is 0. The first-order valence-corrected chi connectivity index (χ1v) is 8.93. The summed E-state index contributed by atoms with van der Waals surface area (Å²) < 4.78 is 0. The molecule has 0 saturated carbocycles. The molecule has 0 aliphatic rings. The van der Waals surface area contributed by atoms with Gasteiger partial charge in [0, 0.05) is 18.0 Å². The summed E-state index contributed by atoms with van der Waals surface area (Å²) in [5.41, 5.74) is 1.94. The number of nitrogens with zero attached hydrogens (tertiary/aromatic N) is 1. The smallest absolute Gasteiger partial charge is 0.0428 e. The molecule has 144 valence electrons. The minimum atomic E-state index is 0.319. The first-order valence-electron chi connectivity index (χ1n) is 8.93. The van der Waals surface area contributed by atoms with E-state index in [1.165, 1.54) is 0 Å². The molecule has 2 N–H and O–H groups in total. The van der Waals surface area contributed by atoms with Crippen LogP contribution in [0.4, 0.5) is 0 Å². The van der Waals surface area contributed by atoms with Crippen LogP contribution in [0.5, 0.6) is 0 Å². The zero-order valence-corrected chi connectivity index (χ0v) is 17.8. The molecular formula is C21H44N2O. The summed E-state index contributed by atoms with van der Waals surface area (Å²) >= 11 is 0. The molecule has 1 unspecified atom stereocenters. The molecular weight excluding hydrogens is 296 g/mol. The number of nitrogens with one attached hydrogen (secondary N) is 1. The molecule has 0 aromatic heterocycles. The number of hydrogen-bond donors (Lipinski definition) is 2. The van der Waals surface area contributed by atoms with Crippen molar-refractivity contribution in [1.82, 2.24) is 10.2 Å². The lowest BCUT2D eigenvalue weighted by molar-refractivity contribution is 0.295. The van der Waals surface area contributed by atoms with Gasteiger partial charge in [0.05, 0.1) is 0 Å². The molecule has 0 aromatic carbocycles. The summed E-state index contributed by atoms with van der Waals surface area (Å²) in [6.45, 7) is 23.1. The van der Waals surface area contributed by atoms with Crippen LogP contribution in [0.3, 0.4) is 0 Å². The topological polar surface area (TPSA) is 35.5 Å². The largest absolute Gasteiger partial charge is 0.396 e. The highest BCUT2D eigenvalue weighted by atomic mass is 16.2. The van der Waals surface area contributed by atoms with Crippen LogP contribution in [0.25, 0.3) is 0 Å². The Bertz CT molecular complexity index is 316. The Hall–Kier alpha value is -1.32. The Morgan fingerprint density at radius 2 is 1.67 bits per heavy atom. The fraction of sp³-hybridized carbons (Fsp3) is 0.619. The van der Waals surface area contributed by atoms with E-state index in [2.05, 4.69) is 69.5 Å². The van der Waals surface area contributed by atoms with Crippen molar-refractivity contribution in [3.05, 3.63) is 48.9 Å². The Morgan fingerprint density at radius 3 is 1.92 bits per heavy atom. The van der Waals surface area contributed by atoms with Gasteiger partial charge in [-0.3, -0.25) is 0 Å². The van der Waals surface area contributed by atoms with Crippen molar-refractivity contribution in [2.24, 2.45) is 5.92 Å². The maximum absolute atomic E-state index is 7.88. The zero-order chi connectivity index (χ0) is 20.0. The van der Waals surface area contributed by atoms with E-state index in [0.717, 1.165) is 24.4 Å². The molecule has 0 aliphatic carbocycles. The maximum atomic E-state index is 7.88. The normalized spacial score (nSPS) is 11.2. The monoisotopic (exact) mass is 340 g/mol. The predicted molar refractivity (Wildman–Crippen MR) is 113 cm³/mol. The van der Waals surface area contributed by atoms with Crippen LogP contribution >= 0.6 is 0 Å². The van der Waals surface area contributed by atoms with Crippen LogP contribution in [-0.4, -0.2) is 37.3 Å². The third-order valence-corrected chi connectivity index (χ3v) is 2.47. The highest BCUT2D eigenvalue weighted by Gasteiger charge is 1.93. The third-order valence-electron chi connectivity index (χ3n) is 2.47. The molecule has 0 aromatic rings. The van der Waals surface area contributed by atoms with E-state index in [-0.39, 0.29) is 0 Å². The number of hydrogen-bond acceptors (Lipinski definition) is 3. The molecule has 0 bridgehead atoms. The Morgan fingerprint density at radius 1 is 1.25 bits per heavy atom. The van der Waals surface area contributed by atoms with Crippen molar-refractivity contribution >= 4 is 0 Å². The highest BCUT2D eigenvalue weighted by molar-refractivity contribution is 5.16. The van der Waals surface area contributed by atoms with Crippen molar-refractivity contribution in [1.29, 1.82) is 0 Å². The average Bonchev–Trinajstić information content (AvgIpc) is 2.57. The molecule has 0 fully saturated rings. The van der Waals surface area contributed by atoms with E-state index in [9.17, 15) is 0 Å². The molecule has 0 saturated heterocycles. The summed E-state index contributed by atoms with van der Waals surface area (Å²) in [5.74, 6) is 0.454. The van der Waals surface area contributed by atoms with Gasteiger partial charge in [-0.05, 0) is 52.9 Å². The van der Waals surface area contributed by atoms with E-state index in [1.54, 1.807) is 6.08 Å². The second-order valence-corrected chi connectivity index (χ2v) is 5.21. The molecule has 0 spiro atoms. The van der Waals surface area contributed by atoms with Gasteiger partial charge >= 0.3 is 0 Å². The maximum Gasteiger partial charge on any atom is 0.0428 e. The van der Waals surface area contributed by atoms with Crippen LogP contribution in [0, 0.1) is 5.92 Å². The van der Waals surface area contributed by atoms with Crippen LogP contribution in [0.15, 0.2) is 48.9 Å². The zero-order valence-electron chi connectivity index (χ0n) is 17.8. The predicted octanol–water partition coefficient (Wildman–Crippen LogP) is 5.37. The van der Waals surface area contributed by atoms with Gasteiger partial charge in [-0.1, -0.05) is 66.0 Å². The standard InChI is InChI=1S/C12H19N.C4H11N.C3H8O.C2H6/c1-6-8-10(3)9-12(5)13-11(4)7-2;1-4-5(2)3;1-2-3-4;1-2/h6-10,13H,2,4H2,1,3,5H3;4H2,1-3H3;4H,2-3H2,1H3;1-2H3/b8-6-,12-9-;;;. The fourth-order valence-electron chi connectivity index (χ4n) is 1.10. The Balaban J connectivity index is -0.000000150. The summed E-state index contributed by atoms with van der Waals surface area (Å²) in [5, 5.41) is 11.0. The van der Waals surface area contributed by atoms with Crippen LogP contribution < -0.4 is 5.32 Å². The van der Waals surface area contributed by atoms with Gasteiger partial charge in [0.2, 0.25) is 0 Å². The summed E-state index contributed by atoms with van der Waals surface area (Å²) in [6.07, 6.45) is 8.92. The lowest BCUT2D eigenvalue weighted by Gasteiger charge is -2.07. The summed E-state index contributed by atoms with van der Waals surface area (Å²) in [4.78, 5) is 2.12. The minimum Gasteiger partial charge on any atom is -0.396 e. The van der Waals surface area contributed by atoms with Gasteiger partial charge in [-0.2, -0.15) is 0 Å². The van der Waals surface area contributed by atoms with Crippen molar-refractivity contribution < 1.29 is 5.11 Å². The van der Waals surface area contributed by atoms with Crippen molar-refractivity contribution in [2.45, 2.75) is 54.9 Å². The molecule has 1 atom stereocenters. The fourth-order valence-corrected chi connectivity index (χ4v) is 1.10. The van der Waals surface area contributed by atoms with Gasteiger partial charge in [0.25, 0.3) is 0 Å². The molecule has 0 heterocycles. The molecule has 0 rings (SSSR count). The number of rotatable bonds is 7. The number of aliphatic hydroxyl groups excluding tert-OH is 1. The van der Waals surface area contributed by atoms with Crippen molar-refractivity contribution in [3.8, 4) is 0 Å². The lowest BCUT2D eigenvalue weighted by atomic mass is 10.1. The minimum absolute atomic E-state index is 0.319. The lowest BCUT2D eigenvalue weighted by Crippen LogP contribution is -2.08. The van der Waals surface area contributed by atoms with Gasteiger partial charge in [0.1, 0.15) is 0 Å². The SMILES string of the molecule is C=CC(=C)N/C(C)=C\C(C)/C=C\C.CC.CCCO.CCN(C)C. The number of allylic oxidation sites excluding steroid dienone is 5. The van der Waals surface area contributed by atoms with Crippen molar-refractivity contribution in [2.75, 3.05) is 27.2 Å². The van der Waals surface area contributed by atoms with Crippen LogP contribution in [0.2, 0.25) is 0 Å². The van der Waals surface area contributed by atoms with Gasteiger partial charge in [-0.25, -0.2) is 0 Å².